The lowest BCUT2D eigenvalue weighted by molar-refractivity contribution is 0.0655. The van der Waals surface area contributed by atoms with E-state index in [4.69, 9.17) is 4.74 Å². The Morgan fingerprint density at radius 2 is 2.20 bits per heavy atom. The van der Waals surface area contributed by atoms with Crippen molar-refractivity contribution >= 4 is 18.3 Å². The Morgan fingerprint density at radius 3 is 2.84 bits per heavy atom. The second-order valence-corrected chi connectivity index (χ2v) is 5.77. The summed E-state index contributed by atoms with van der Waals surface area (Å²) in [6.45, 7) is 8.66. The molecule has 1 fully saturated rings. The molecule has 0 aromatic carbocycles. The summed E-state index contributed by atoms with van der Waals surface area (Å²) in [6.07, 6.45) is 1.60. The fraction of sp³-hybridized carbons (Fsp3) is 0.500. The highest BCUT2D eigenvalue weighted by atomic mass is 35.5. The average Bonchev–Trinajstić information content (AvgIpc) is 2.97. The maximum atomic E-state index is 12.8. The summed E-state index contributed by atoms with van der Waals surface area (Å²) in [6, 6.07) is 3.69. The zero-order valence-electron chi connectivity index (χ0n) is 14.6. The number of carbonyl (C=O) groups excluding carboxylic acids is 1. The minimum Gasteiger partial charge on any atom is -0.477 e. The van der Waals surface area contributed by atoms with Gasteiger partial charge < -0.3 is 15.0 Å². The summed E-state index contributed by atoms with van der Waals surface area (Å²) in [7, 11) is 0. The fourth-order valence-corrected chi connectivity index (χ4v) is 2.80. The van der Waals surface area contributed by atoms with Crippen molar-refractivity contribution in [2.45, 2.75) is 26.8 Å². The van der Waals surface area contributed by atoms with E-state index in [1.54, 1.807) is 23.0 Å². The van der Waals surface area contributed by atoms with Crippen LogP contribution < -0.4 is 10.1 Å². The number of hydrogen-bond acceptors (Lipinski definition) is 6. The Hall–Kier alpha value is -2.19. The first-order valence-corrected chi connectivity index (χ1v) is 8.15. The number of amides is 1. The van der Waals surface area contributed by atoms with Crippen molar-refractivity contribution in [3.05, 3.63) is 29.6 Å². The minimum absolute atomic E-state index is 0. The van der Waals surface area contributed by atoms with Crippen molar-refractivity contribution in [2.24, 2.45) is 0 Å². The first kappa shape index (κ1) is 19.1. The van der Waals surface area contributed by atoms with Gasteiger partial charge in [-0.3, -0.25) is 4.79 Å². The minimum atomic E-state index is 0. The van der Waals surface area contributed by atoms with Crippen LogP contribution in [0.4, 0.5) is 0 Å². The van der Waals surface area contributed by atoms with Crippen LogP contribution in [-0.4, -0.2) is 63.1 Å². The molecule has 1 saturated heterocycles. The van der Waals surface area contributed by atoms with E-state index in [9.17, 15) is 4.79 Å². The molecule has 0 spiro atoms. The molecule has 0 unspecified atom stereocenters. The number of piperazine rings is 1. The third-order valence-electron chi connectivity index (χ3n) is 4.14. The van der Waals surface area contributed by atoms with Crippen molar-refractivity contribution in [3.8, 4) is 11.7 Å². The maximum Gasteiger partial charge on any atom is 0.257 e. The molecule has 1 amide bonds. The lowest BCUT2D eigenvalue weighted by Gasteiger charge is -2.33. The molecule has 0 radical (unpaired) electrons. The predicted octanol–water partition coefficient (Wildman–Crippen LogP) is 1.23. The van der Waals surface area contributed by atoms with Crippen molar-refractivity contribution in [2.75, 3.05) is 26.2 Å². The van der Waals surface area contributed by atoms with E-state index < -0.39 is 0 Å². The highest BCUT2D eigenvalue weighted by Crippen LogP contribution is 2.17. The van der Waals surface area contributed by atoms with Crippen LogP contribution in [0.2, 0.25) is 0 Å². The van der Waals surface area contributed by atoms with E-state index >= 15 is 0 Å². The van der Waals surface area contributed by atoms with Gasteiger partial charge in [0.2, 0.25) is 5.88 Å². The standard InChI is InChI=1S/C16H22N6O2.ClH/c1-4-24-15-6-5-14(19-20-15)22-12(3)13(10-18-22)16(23)21-8-7-17-9-11(21)2;/h5-6,10-11,17H,4,7-9H2,1-3H3;1H/t11-;/m0./s1. The number of aromatic nitrogens is 4. The van der Waals surface area contributed by atoms with E-state index in [0.29, 0.717) is 30.4 Å². The molecule has 2 aromatic rings. The van der Waals surface area contributed by atoms with Gasteiger partial charge in [0.1, 0.15) is 0 Å². The summed E-state index contributed by atoms with van der Waals surface area (Å²) in [5, 5.41) is 15.7. The molecular formula is C16H23ClN6O2. The van der Waals surface area contributed by atoms with Crippen LogP contribution in [0.15, 0.2) is 18.3 Å². The van der Waals surface area contributed by atoms with Gasteiger partial charge in [0.25, 0.3) is 5.91 Å². The number of nitrogens with zero attached hydrogens (tertiary/aromatic N) is 5. The van der Waals surface area contributed by atoms with Crippen LogP contribution in [0.5, 0.6) is 5.88 Å². The molecule has 0 bridgehead atoms. The molecule has 1 N–H and O–H groups in total. The Kier molecular flexibility index (Phi) is 6.33. The summed E-state index contributed by atoms with van der Waals surface area (Å²) in [5.41, 5.74) is 1.35. The van der Waals surface area contributed by atoms with E-state index in [-0.39, 0.29) is 24.4 Å². The number of rotatable bonds is 4. The first-order chi connectivity index (χ1) is 11.6. The van der Waals surface area contributed by atoms with E-state index in [2.05, 4.69) is 20.6 Å². The second kappa shape index (κ2) is 8.26. The van der Waals surface area contributed by atoms with Crippen molar-refractivity contribution in [1.82, 2.24) is 30.2 Å². The molecular weight excluding hydrogens is 344 g/mol. The van der Waals surface area contributed by atoms with Gasteiger partial charge in [0, 0.05) is 31.7 Å². The van der Waals surface area contributed by atoms with Crippen LogP contribution in [0.25, 0.3) is 5.82 Å². The Labute approximate surface area is 153 Å². The molecule has 8 nitrogen and oxygen atoms in total. The fourth-order valence-electron chi connectivity index (χ4n) is 2.80. The predicted molar refractivity (Wildman–Crippen MR) is 95.7 cm³/mol. The zero-order valence-corrected chi connectivity index (χ0v) is 15.4. The van der Waals surface area contributed by atoms with Crippen molar-refractivity contribution in [3.63, 3.8) is 0 Å². The lowest BCUT2D eigenvalue weighted by atomic mass is 10.1. The van der Waals surface area contributed by atoms with Gasteiger partial charge in [-0.1, -0.05) is 0 Å². The quantitative estimate of drug-likeness (QED) is 0.875. The Balaban J connectivity index is 0.00000225. The molecule has 1 aliphatic rings. The molecule has 3 heterocycles. The van der Waals surface area contributed by atoms with Crippen LogP contribution >= 0.6 is 12.4 Å². The third-order valence-corrected chi connectivity index (χ3v) is 4.14. The van der Waals surface area contributed by atoms with E-state index in [0.717, 1.165) is 18.8 Å². The van der Waals surface area contributed by atoms with Crippen molar-refractivity contribution in [1.29, 1.82) is 0 Å². The Morgan fingerprint density at radius 1 is 1.40 bits per heavy atom. The van der Waals surface area contributed by atoms with Gasteiger partial charge in [-0.05, 0) is 26.8 Å². The topological polar surface area (TPSA) is 85.2 Å². The van der Waals surface area contributed by atoms with Crippen LogP contribution in [0, 0.1) is 6.92 Å². The average molecular weight is 367 g/mol. The Bertz CT molecular complexity index is 718. The van der Waals surface area contributed by atoms with Gasteiger partial charge in [0.15, 0.2) is 5.82 Å². The molecule has 1 aliphatic heterocycles. The van der Waals surface area contributed by atoms with Gasteiger partial charge in [-0.25, -0.2) is 4.68 Å². The SMILES string of the molecule is CCOc1ccc(-n2ncc(C(=O)N3CCNC[C@@H]3C)c2C)nn1.Cl. The number of halogens is 1. The van der Waals surface area contributed by atoms with Gasteiger partial charge in [-0.15, -0.1) is 22.6 Å². The second-order valence-electron chi connectivity index (χ2n) is 5.77. The van der Waals surface area contributed by atoms with Crippen LogP contribution in [0.3, 0.4) is 0 Å². The highest BCUT2D eigenvalue weighted by Gasteiger charge is 2.27. The van der Waals surface area contributed by atoms with Gasteiger partial charge >= 0.3 is 0 Å². The molecule has 3 rings (SSSR count). The van der Waals surface area contributed by atoms with E-state index in [1.165, 1.54) is 0 Å². The molecule has 0 saturated carbocycles. The maximum absolute atomic E-state index is 12.8. The number of ether oxygens (including phenoxy) is 1. The summed E-state index contributed by atoms with van der Waals surface area (Å²) in [5.74, 6) is 1.03. The lowest BCUT2D eigenvalue weighted by Crippen LogP contribution is -2.52. The van der Waals surface area contributed by atoms with E-state index in [1.807, 2.05) is 25.7 Å². The highest BCUT2D eigenvalue weighted by molar-refractivity contribution is 5.95. The normalized spacial score (nSPS) is 17.1. The number of nitrogens with one attached hydrogen (secondary N) is 1. The zero-order chi connectivity index (χ0) is 17.1. The van der Waals surface area contributed by atoms with Crippen LogP contribution in [-0.2, 0) is 0 Å². The molecule has 1 atom stereocenters. The van der Waals surface area contributed by atoms with Crippen LogP contribution in [0.1, 0.15) is 29.9 Å². The first-order valence-electron chi connectivity index (χ1n) is 8.15. The smallest absolute Gasteiger partial charge is 0.257 e. The molecule has 9 heteroatoms. The molecule has 136 valence electrons. The third kappa shape index (κ3) is 3.91. The van der Waals surface area contributed by atoms with Gasteiger partial charge in [0.05, 0.1) is 24.1 Å². The summed E-state index contributed by atoms with van der Waals surface area (Å²) < 4.78 is 6.92. The summed E-state index contributed by atoms with van der Waals surface area (Å²) in [4.78, 5) is 14.7. The van der Waals surface area contributed by atoms with Gasteiger partial charge in [-0.2, -0.15) is 5.10 Å². The monoisotopic (exact) mass is 366 g/mol. The number of carbonyl (C=O) groups is 1. The molecule has 0 aliphatic carbocycles. The summed E-state index contributed by atoms with van der Waals surface area (Å²) >= 11 is 0. The largest absolute Gasteiger partial charge is 0.477 e. The van der Waals surface area contributed by atoms with Crippen molar-refractivity contribution < 1.29 is 9.53 Å². The molecule has 25 heavy (non-hydrogen) atoms. The number of hydrogen-bond donors (Lipinski definition) is 1. The molecule has 2 aromatic heterocycles.